The van der Waals surface area contributed by atoms with E-state index in [1.807, 2.05) is 39.8 Å². The van der Waals surface area contributed by atoms with Gasteiger partial charge < -0.3 is 34.9 Å². The van der Waals surface area contributed by atoms with Crippen LogP contribution < -0.4 is 30.2 Å². The van der Waals surface area contributed by atoms with E-state index < -0.39 is 11.7 Å². The number of benzene rings is 1. The molecule has 0 aliphatic carbocycles. The molecular formula is C20H35IN4O5. The lowest BCUT2D eigenvalue weighted by Gasteiger charge is -2.20. The molecular weight excluding hydrogens is 503 g/mol. The normalized spacial score (nSPS) is 11.1. The second kappa shape index (κ2) is 14.0. The molecule has 0 atom stereocenters. The maximum Gasteiger partial charge on any atom is 0.407 e. The molecule has 0 spiro atoms. The molecule has 0 saturated carbocycles. The largest absolute Gasteiger partial charge is 0.493 e. The number of carbonyl (C=O) groups is 1. The lowest BCUT2D eigenvalue weighted by Crippen LogP contribution is -2.42. The van der Waals surface area contributed by atoms with Gasteiger partial charge in [-0.2, -0.15) is 0 Å². The molecule has 0 fully saturated rings. The molecule has 3 N–H and O–H groups in total. The van der Waals surface area contributed by atoms with Gasteiger partial charge in [0.1, 0.15) is 5.60 Å². The Morgan fingerprint density at radius 2 is 1.53 bits per heavy atom. The zero-order chi connectivity index (χ0) is 21.9. The number of halogens is 1. The number of hydrogen-bond donors (Lipinski definition) is 3. The fourth-order valence-electron chi connectivity index (χ4n) is 2.40. The number of amides is 1. The van der Waals surface area contributed by atoms with Crippen molar-refractivity contribution in [2.45, 2.75) is 39.8 Å². The fraction of sp³-hybridized carbons (Fsp3) is 0.600. The average molecular weight is 538 g/mol. The van der Waals surface area contributed by atoms with Gasteiger partial charge in [-0.3, -0.25) is 0 Å². The van der Waals surface area contributed by atoms with E-state index in [2.05, 4.69) is 20.9 Å². The number of methoxy groups -OCH3 is 3. The summed E-state index contributed by atoms with van der Waals surface area (Å²) in [6.07, 6.45) is -0.446. The Kier molecular flexibility index (Phi) is 13.0. The Balaban J connectivity index is 0.00000841. The molecule has 0 saturated heterocycles. The van der Waals surface area contributed by atoms with E-state index in [1.165, 1.54) is 0 Å². The third-order valence-corrected chi connectivity index (χ3v) is 3.57. The first-order valence-corrected chi connectivity index (χ1v) is 9.52. The first-order chi connectivity index (χ1) is 13.7. The number of nitrogens with one attached hydrogen (secondary N) is 3. The minimum absolute atomic E-state index is 0. The van der Waals surface area contributed by atoms with Crippen LogP contribution in [0.2, 0.25) is 0 Å². The van der Waals surface area contributed by atoms with Crippen molar-refractivity contribution in [2.75, 3.05) is 41.0 Å². The average Bonchev–Trinajstić information content (AvgIpc) is 2.66. The molecule has 0 aromatic heterocycles. The fourth-order valence-corrected chi connectivity index (χ4v) is 2.40. The Morgan fingerprint density at radius 3 is 2.00 bits per heavy atom. The topological polar surface area (TPSA) is 102 Å². The number of carbonyl (C=O) groups excluding carboxylic acids is 1. The number of aliphatic imine (C=N–C) groups is 1. The van der Waals surface area contributed by atoms with E-state index in [0.717, 1.165) is 5.56 Å². The van der Waals surface area contributed by atoms with E-state index in [-0.39, 0.29) is 24.0 Å². The molecule has 1 aromatic carbocycles. The van der Waals surface area contributed by atoms with E-state index in [0.29, 0.717) is 49.4 Å². The van der Waals surface area contributed by atoms with Gasteiger partial charge in [-0.05, 0) is 45.4 Å². The second-order valence-electron chi connectivity index (χ2n) is 7.08. The SMILES string of the molecule is CCNC(=NCc1cc(OC)c(OC)c(OC)c1)NCCNC(=O)OC(C)(C)C.I. The summed E-state index contributed by atoms with van der Waals surface area (Å²) in [5.74, 6) is 2.33. The summed E-state index contributed by atoms with van der Waals surface area (Å²) in [6.45, 7) is 9.48. The molecule has 30 heavy (non-hydrogen) atoms. The van der Waals surface area contributed by atoms with E-state index >= 15 is 0 Å². The molecule has 0 radical (unpaired) electrons. The molecule has 1 amide bonds. The molecule has 0 unspecified atom stereocenters. The first-order valence-electron chi connectivity index (χ1n) is 9.52. The number of ether oxygens (including phenoxy) is 4. The van der Waals surface area contributed by atoms with Gasteiger partial charge in [0.25, 0.3) is 0 Å². The molecule has 0 bridgehead atoms. The summed E-state index contributed by atoms with van der Waals surface area (Å²) in [5, 5.41) is 9.04. The van der Waals surface area contributed by atoms with Gasteiger partial charge in [0.05, 0.1) is 27.9 Å². The van der Waals surface area contributed by atoms with Gasteiger partial charge in [0.2, 0.25) is 5.75 Å². The Morgan fingerprint density at radius 1 is 0.967 bits per heavy atom. The number of guanidine groups is 1. The van der Waals surface area contributed by atoms with Crippen LogP contribution in [-0.4, -0.2) is 58.6 Å². The van der Waals surface area contributed by atoms with Gasteiger partial charge in [-0.1, -0.05) is 0 Å². The maximum atomic E-state index is 11.7. The highest BCUT2D eigenvalue weighted by Gasteiger charge is 2.15. The van der Waals surface area contributed by atoms with E-state index in [4.69, 9.17) is 18.9 Å². The monoisotopic (exact) mass is 538 g/mol. The van der Waals surface area contributed by atoms with Gasteiger partial charge in [0.15, 0.2) is 17.5 Å². The lowest BCUT2D eigenvalue weighted by molar-refractivity contribution is 0.0529. The summed E-state index contributed by atoms with van der Waals surface area (Å²) in [4.78, 5) is 16.2. The Hall–Kier alpha value is -2.11. The number of hydrogen-bond acceptors (Lipinski definition) is 6. The smallest absolute Gasteiger partial charge is 0.407 e. The van der Waals surface area contributed by atoms with Crippen molar-refractivity contribution < 1.29 is 23.7 Å². The second-order valence-corrected chi connectivity index (χ2v) is 7.08. The van der Waals surface area contributed by atoms with Crippen LogP contribution in [0.25, 0.3) is 0 Å². The Labute approximate surface area is 196 Å². The lowest BCUT2D eigenvalue weighted by atomic mass is 10.2. The van der Waals surface area contributed by atoms with Crippen molar-refractivity contribution in [1.82, 2.24) is 16.0 Å². The van der Waals surface area contributed by atoms with E-state index in [9.17, 15) is 4.79 Å². The van der Waals surface area contributed by atoms with Crippen molar-refractivity contribution in [1.29, 1.82) is 0 Å². The highest BCUT2D eigenvalue weighted by molar-refractivity contribution is 14.0. The Bertz CT molecular complexity index is 667. The van der Waals surface area contributed by atoms with Crippen molar-refractivity contribution in [3.63, 3.8) is 0 Å². The van der Waals surface area contributed by atoms with Crippen LogP contribution in [0.1, 0.15) is 33.3 Å². The zero-order valence-corrected chi connectivity index (χ0v) is 21.2. The van der Waals surface area contributed by atoms with Crippen LogP contribution in [0.5, 0.6) is 17.2 Å². The van der Waals surface area contributed by atoms with Crippen LogP contribution in [0.15, 0.2) is 17.1 Å². The third kappa shape index (κ3) is 10.1. The molecule has 10 heteroatoms. The highest BCUT2D eigenvalue weighted by atomic mass is 127. The molecule has 1 aromatic rings. The standard InChI is InChI=1S/C20H34N4O5.HI/c1-8-21-18(22-9-10-23-19(25)29-20(2,3)4)24-13-14-11-15(26-5)17(28-7)16(12-14)27-6;/h11-12H,8-10,13H2,1-7H3,(H,23,25)(H2,21,22,24);1H. The number of rotatable bonds is 9. The maximum absolute atomic E-state index is 11.7. The molecule has 9 nitrogen and oxygen atoms in total. The summed E-state index contributed by atoms with van der Waals surface area (Å²) in [7, 11) is 4.72. The molecule has 172 valence electrons. The van der Waals surface area contributed by atoms with Crippen molar-refractivity contribution in [3.8, 4) is 17.2 Å². The molecule has 1 rings (SSSR count). The molecule has 0 aliphatic heterocycles. The van der Waals surface area contributed by atoms with Crippen molar-refractivity contribution >= 4 is 36.0 Å². The van der Waals surface area contributed by atoms with Gasteiger partial charge in [-0.25, -0.2) is 9.79 Å². The summed E-state index contributed by atoms with van der Waals surface area (Å²) in [5.41, 5.74) is 0.387. The molecule has 0 aliphatic rings. The van der Waals surface area contributed by atoms with Crippen LogP contribution in [0.4, 0.5) is 4.79 Å². The predicted octanol–water partition coefficient (Wildman–Crippen LogP) is 2.91. The van der Waals surface area contributed by atoms with Gasteiger partial charge in [-0.15, -0.1) is 24.0 Å². The summed E-state index contributed by atoms with van der Waals surface area (Å²) >= 11 is 0. The predicted molar refractivity (Wildman–Crippen MR) is 129 cm³/mol. The first kappa shape index (κ1) is 27.9. The van der Waals surface area contributed by atoms with Crippen LogP contribution >= 0.6 is 24.0 Å². The summed E-state index contributed by atoms with van der Waals surface area (Å²) in [6, 6.07) is 3.72. The minimum atomic E-state index is -0.519. The number of nitrogens with zero attached hydrogens (tertiary/aromatic N) is 1. The van der Waals surface area contributed by atoms with Crippen LogP contribution in [-0.2, 0) is 11.3 Å². The summed E-state index contributed by atoms with van der Waals surface area (Å²) < 4.78 is 21.3. The third-order valence-electron chi connectivity index (χ3n) is 3.57. The zero-order valence-electron chi connectivity index (χ0n) is 18.9. The van der Waals surface area contributed by atoms with Crippen LogP contribution in [0.3, 0.4) is 0 Å². The van der Waals surface area contributed by atoms with Gasteiger partial charge >= 0.3 is 6.09 Å². The van der Waals surface area contributed by atoms with Gasteiger partial charge in [0, 0.05) is 19.6 Å². The highest BCUT2D eigenvalue weighted by Crippen LogP contribution is 2.38. The van der Waals surface area contributed by atoms with E-state index in [1.54, 1.807) is 21.3 Å². The molecule has 0 heterocycles. The van der Waals surface area contributed by atoms with Crippen LogP contribution in [0, 0.1) is 0 Å². The van der Waals surface area contributed by atoms with Crippen molar-refractivity contribution in [2.24, 2.45) is 4.99 Å². The minimum Gasteiger partial charge on any atom is -0.493 e. The van der Waals surface area contributed by atoms with Crippen molar-refractivity contribution in [3.05, 3.63) is 17.7 Å². The quantitative estimate of drug-likeness (QED) is 0.192. The number of alkyl carbamates (subject to hydrolysis) is 1.